The fourth-order valence-electron chi connectivity index (χ4n) is 1.87. The third kappa shape index (κ3) is 2.49. The Balaban J connectivity index is 2.01. The van der Waals surface area contributed by atoms with E-state index < -0.39 is 0 Å². The van der Waals surface area contributed by atoms with E-state index in [1.165, 1.54) is 12.8 Å². The van der Waals surface area contributed by atoms with Gasteiger partial charge in [-0.25, -0.2) is 9.97 Å². The van der Waals surface area contributed by atoms with Crippen LogP contribution < -0.4 is 5.32 Å². The van der Waals surface area contributed by atoms with Crippen LogP contribution in [0.15, 0.2) is 17.5 Å². The van der Waals surface area contributed by atoms with Gasteiger partial charge in [0.25, 0.3) is 0 Å². The molecule has 3 rings (SSSR count). The second-order valence-corrected chi connectivity index (χ2v) is 5.78. The molecule has 0 radical (unpaired) electrons. The smallest absolute Gasteiger partial charge is 0.171 e. The van der Waals surface area contributed by atoms with Crippen LogP contribution >= 0.6 is 22.9 Å². The van der Waals surface area contributed by atoms with Crippen molar-refractivity contribution in [2.24, 2.45) is 0 Å². The third-order valence-corrected chi connectivity index (χ3v) is 4.16. The van der Waals surface area contributed by atoms with Gasteiger partial charge in [0.05, 0.1) is 9.90 Å². The van der Waals surface area contributed by atoms with E-state index in [2.05, 4.69) is 28.3 Å². The average molecular weight is 280 g/mol. The quantitative estimate of drug-likeness (QED) is 0.913. The lowest BCUT2D eigenvalue weighted by Gasteiger charge is -2.07. The van der Waals surface area contributed by atoms with E-state index >= 15 is 0 Å². The summed E-state index contributed by atoms with van der Waals surface area (Å²) in [6.07, 6.45) is 2.49. The van der Waals surface area contributed by atoms with Crippen molar-refractivity contribution in [3.05, 3.63) is 28.2 Å². The maximum atomic E-state index is 5.97. The highest BCUT2D eigenvalue weighted by Gasteiger charge is 2.26. The Morgan fingerprint density at radius 1 is 1.39 bits per heavy atom. The topological polar surface area (TPSA) is 37.8 Å². The van der Waals surface area contributed by atoms with Crippen molar-refractivity contribution in [3.63, 3.8) is 0 Å². The molecule has 3 nitrogen and oxygen atoms in total. The second kappa shape index (κ2) is 4.86. The van der Waals surface area contributed by atoms with Crippen LogP contribution in [-0.4, -0.2) is 16.5 Å². The molecule has 0 spiro atoms. The van der Waals surface area contributed by atoms with Gasteiger partial charge in [0.2, 0.25) is 0 Å². The minimum atomic E-state index is 0.625. The van der Waals surface area contributed by atoms with E-state index in [0.717, 1.165) is 33.8 Å². The SMILES string of the molecule is CCNc1cc(C2CC2)nc(-c2cc(Cl)cs2)n1. The molecule has 94 valence electrons. The summed E-state index contributed by atoms with van der Waals surface area (Å²) in [5.74, 6) is 2.32. The number of hydrogen-bond donors (Lipinski definition) is 1. The van der Waals surface area contributed by atoms with E-state index in [1.807, 2.05) is 11.4 Å². The van der Waals surface area contributed by atoms with Crippen LogP contribution in [0.1, 0.15) is 31.4 Å². The number of nitrogens with zero attached hydrogens (tertiary/aromatic N) is 2. The van der Waals surface area contributed by atoms with Gasteiger partial charge in [-0.3, -0.25) is 0 Å². The molecule has 5 heteroatoms. The fourth-order valence-corrected chi connectivity index (χ4v) is 2.87. The molecule has 2 aromatic heterocycles. The Morgan fingerprint density at radius 3 is 2.83 bits per heavy atom. The summed E-state index contributed by atoms with van der Waals surface area (Å²) in [7, 11) is 0. The number of anilines is 1. The van der Waals surface area contributed by atoms with Crippen LogP contribution in [0.2, 0.25) is 5.02 Å². The zero-order valence-corrected chi connectivity index (χ0v) is 11.7. The van der Waals surface area contributed by atoms with E-state index in [1.54, 1.807) is 11.3 Å². The van der Waals surface area contributed by atoms with Gasteiger partial charge in [0.15, 0.2) is 5.82 Å². The van der Waals surface area contributed by atoms with Gasteiger partial charge in [-0.1, -0.05) is 11.6 Å². The molecule has 1 aliphatic carbocycles. The molecule has 0 atom stereocenters. The first-order chi connectivity index (χ1) is 8.76. The molecule has 0 aliphatic heterocycles. The zero-order valence-electron chi connectivity index (χ0n) is 10.1. The van der Waals surface area contributed by atoms with Gasteiger partial charge in [0.1, 0.15) is 5.82 Å². The number of rotatable bonds is 4. The number of thiophene rings is 1. The average Bonchev–Trinajstić information content (AvgIpc) is 3.12. The summed E-state index contributed by atoms with van der Waals surface area (Å²) in [6, 6.07) is 3.99. The monoisotopic (exact) mass is 279 g/mol. The van der Waals surface area contributed by atoms with Gasteiger partial charge in [-0.2, -0.15) is 0 Å². The van der Waals surface area contributed by atoms with Crippen LogP contribution in [0.3, 0.4) is 0 Å². The Morgan fingerprint density at radius 2 is 2.22 bits per heavy atom. The van der Waals surface area contributed by atoms with E-state index in [4.69, 9.17) is 11.6 Å². The minimum absolute atomic E-state index is 0.625. The highest BCUT2D eigenvalue weighted by molar-refractivity contribution is 7.14. The maximum Gasteiger partial charge on any atom is 0.171 e. The van der Waals surface area contributed by atoms with Crippen molar-refractivity contribution in [2.75, 3.05) is 11.9 Å². The molecule has 1 fully saturated rings. The summed E-state index contributed by atoms with van der Waals surface area (Å²) >= 11 is 7.55. The van der Waals surface area contributed by atoms with Crippen molar-refractivity contribution in [1.29, 1.82) is 0 Å². The summed E-state index contributed by atoms with van der Waals surface area (Å²) < 4.78 is 0. The molecule has 1 N–H and O–H groups in total. The lowest BCUT2D eigenvalue weighted by Crippen LogP contribution is -2.03. The molecular weight excluding hydrogens is 266 g/mol. The van der Waals surface area contributed by atoms with Crippen LogP contribution in [0, 0.1) is 0 Å². The first-order valence-corrected chi connectivity index (χ1v) is 7.39. The van der Waals surface area contributed by atoms with Gasteiger partial charge in [-0.15, -0.1) is 11.3 Å². The molecule has 0 saturated heterocycles. The lowest BCUT2D eigenvalue weighted by atomic mass is 10.2. The van der Waals surface area contributed by atoms with Crippen LogP contribution in [-0.2, 0) is 0 Å². The number of aromatic nitrogens is 2. The molecule has 0 bridgehead atoms. The third-order valence-electron chi connectivity index (χ3n) is 2.89. The van der Waals surface area contributed by atoms with Crippen molar-refractivity contribution >= 4 is 28.8 Å². The predicted molar refractivity (Wildman–Crippen MR) is 76.5 cm³/mol. The van der Waals surface area contributed by atoms with E-state index in [-0.39, 0.29) is 0 Å². The first kappa shape index (κ1) is 11.9. The molecule has 0 aromatic carbocycles. The van der Waals surface area contributed by atoms with Gasteiger partial charge < -0.3 is 5.32 Å². The second-order valence-electron chi connectivity index (χ2n) is 4.44. The lowest BCUT2D eigenvalue weighted by molar-refractivity contribution is 0.990. The highest BCUT2D eigenvalue weighted by atomic mass is 35.5. The molecule has 0 amide bonds. The Bertz CT molecular complexity index is 563. The summed E-state index contributed by atoms with van der Waals surface area (Å²) in [5.41, 5.74) is 1.15. The Labute approximate surface area is 115 Å². The molecule has 2 heterocycles. The number of nitrogens with one attached hydrogen (secondary N) is 1. The normalized spacial score (nSPS) is 14.8. The van der Waals surface area contributed by atoms with E-state index in [9.17, 15) is 0 Å². The standard InChI is InChI=1S/C13H14ClN3S/c1-2-15-12-6-10(8-3-4-8)16-13(17-12)11-5-9(14)7-18-11/h5-8H,2-4H2,1H3,(H,15,16,17). The maximum absolute atomic E-state index is 5.97. The van der Waals surface area contributed by atoms with Crippen molar-refractivity contribution in [1.82, 2.24) is 9.97 Å². The van der Waals surface area contributed by atoms with Gasteiger partial charge >= 0.3 is 0 Å². The Kier molecular flexibility index (Phi) is 3.22. The summed E-state index contributed by atoms with van der Waals surface area (Å²) in [6.45, 7) is 2.94. The van der Waals surface area contributed by atoms with Crippen molar-refractivity contribution in [3.8, 4) is 10.7 Å². The fraction of sp³-hybridized carbons (Fsp3) is 0.385. The number of halogens is 1. The number of hydrogen-bond acceptors (Lipinski definition) is 4. The predicted octanol–water partition coefficient (Wildman–Crippen LogP) is 4.17. The molecule has 1 aliphatic rings. The zero-order chi connectivity index (χ0) is 12.5. The van der Waals surface area contributed by atoms with Gasteiger partial charge in [0, 0.05) is 29.6 Å². The first-order valence-electron chi connectivity index (χ1n) is 6.13. The summed E-state index contributed by atoms with van der Waals surface area (Å²) in [5, 5.41) is 5.93. The van der Waals surface area contributed by atoms with E-state index in [0.29, 0.717) is 5.92 Å². The molecule has 0 unspecified atom stereocenters. The molecule has 2 aromatic rings. The van der Waals surface area contributed by atoms with Crippen LogP contribution in [0.25, 0.3) is 10.7 Å². The van der Waals surface area contributed by atoms with Crippen LogP contribution in [0.5, 0.6) is 0 Å². The van der Waals surface area contributed by atoms with Crippen molar-refractivity contribution < 1.29 is 0 Å². The van der Waals surface area contributed by atoms with Crippen molar-refractivity contribution in [2.45, 2.75) is 25.7 Å². The van der Waals surface area contributed by atoms with Gasteiger partial charge in [-0.05, 0) is 25.8 Å². The van der Waals surface area contributed by atoms with Crippen LogP contribution in [0.4, 0.5) is 5.82 Å². The molecular formula is C13H14ClN3S. The summed E-state index contributed by atoms with van der Waals surface area (Å²) in [4.78, 5) is 10.2. The largest absolute Gasteiger partial charge is 0.370 e. The Hall–Kier alpha value is -1.13. The molecule has 1 saturated carbocycles. The minimum Gasteiger partial charge on any atom is -0.370 e. The highest BCUT2D eigenvalue weighted by Crippen LogP contribution is 2.40. The molecule has 18 heavy (non-hydrogen) atoms.